The van der Waals surface area contributed by atoms with Crippen molar-refractivity contribution in [3.05, 3.63) is 71.4 Å². The van der Waals surface area contributed by atoms with Crippen molar-refractivity contribution in [3.63, 3.8) is 0 Å². The molecule has 24 heavy (non-hydrogen) atoms. The number of hydrogen-bond donors (Lipinski definition) is 2. The number of nitrogens with one attached hydrogen (secondary N) is 2. The summed E-state index contributed by atoms with van der Waals surface area (Å²) in [5.41, 5.74) is 3.24. The molecule has 0 unspecified atom stereocenters. The Labute approximate surface area is 139 Å². The Kier molecular flexibility index (Phi) is 4.59. The van der Waals surface area contributed by atoms with Gasteiger partial charge in [-0.25, -0.2) is 4.79 Å². The lowest BCUT2D eigenvalue weighted by Crippen LogP contribution is -2.29. The summed E-state index contributed by atoms with van der Waals surface area (Å²) in [6.45, 7) is 0.477. The molecule has 1 aromatic heterocycles. The number of ether oxygens (including phenoxy) is 1. The number of H-pyrrole nitrogens is 1. The van der Waals surface area contributed by atoms with Crippen molar-refractivity contribution < 1.29 is 9.53 Å². The minimum absolute atomic E-state index is 0.388. The van der Waals surface area contributed by atoms with Gasteiger partial charge in [-0.15, -0.1) is 0 Å². The second-order valence-corrected chi connectivity index (χ2v) is 5.46. The van der Waals surface area contributed by atoms with E-state index < -0.39 is 6.04 Å². The number of benzene rings is 2. The van der Waals surface area contributed by atoms with Crippen LogP contribution in [0.4, 0.5) is 0 Å². The SMILES string of the molecule is COC(=O)[C@H](NCc1cc2ccccc2[nH]1)c1cccc(C#N)c1. The number of aromatic amines is 1. The quantitative estimate of drug-likeness (QED) is 0.709. The van der Waals surface area contributed by atoms with Crippen molar-refractivity contribution in [2.24, 2.45) is 0 Å². The van der Waals surface area contributed by atoms with Crippen LogP contribution in [0.15, 0.2) is 54.6 Å². The summed E-state index contributed by atoms with van der Waals surface area (Å²) in [6, 6.07) is 18.5. The van der Waals surface area contributed by atoms with Crippen LogP contribution in [0.5, 0.6) is 0 Å². The number of hydrogen-bond acceptors (Lipinski definition) is 4. The molecule has 0 bridgehead atoms. The lowest BCUT2D eigenvalue weighted by Gasteiger charge is -2.16. The van der Waals surface area contributed by atoms with Crippen molar-refractivity contribution in [1.82, 2.24) is 10.3 Å². The van der Waals surface area contributed by atoms with E-state index in [4.69, 9.17) is 10.00 Å². The summed E-state index contributed by atoms with van der Waals surface area (Å²) in [6.07, 6.45) is 0. The van der Waals surface area contributed by atoms with Gasteiger partial charge in [0.15, 0.2) is 0 Å². The summed E-state index contributed by atoms with van der Waals surface area (Å²) >= 11 is 0. The standard InChI is InChI=1S/C19H17N3O2/c1-24-19(23)18(15-7-4-5-13(9-15)11-20)21-12-16-10-14-6-2-3-8-17(14)22-16/h2-10,18,21-22H,12H2,1H3/t18-/m1/s1. The van der Waals surface area contributed by atoms with Crippen LogP contribution < -0.4 is 5.32 Å². The highest BCUT2D eigenvalue weighted by atomic mass is 16.5. The molecule has 5 heteroatoms. The van der Waals surface area contributed by atoms with E-state index in [1.165, 1.54) is 7.11 Å². The normalized spacial score (nSPS) is 11.8. The summed E-state index contributed by atoms with van der Waals surface area (Å²) in [5, 5.41) is 13.4. The average molecular weight is 319 g/mol. The molecule has 0 aliphatic heterocycles. The number of carbonyl (C=O) groups excluding carboxylic acids is 1. The lowest BCUT2D eigenvalue weighted by molar-refractivity contribution is -0.143. The van der Waals surface area contributed by atoms with Gasteiger partial charge in [-0.05, 0) is 35.2 Å². The van der Waals surface area contributed by atoms with E-state index >= 15 is 0 Å². The number of carbonyl (C=O) groups is 1. The first-order chi connectivity index (χ1) is 11.7. The number of rotatable bonds is 5. The molecule has 1 atom stereocenters. The highest BCUT2D eigenvalue weighted by Gasteiger charge is 2.21. The molecule has 2 aromatic carbocycles. The Hall–Kier alpha value is -3.10. The van der Waals surface area contributed by atoms with E-state index in [-0.39, 0.29) is 5.97 Å². The van der Waals surface area contributed by atoms with Crippen molar-refractivity contribution in [1.29, 1.82) is 5.26 Å². The van der Waals surface area contributed by atoms with Crippen LogP contribution in [0, 0.1) is 11.3 Å². The van der Waals surface area contributed by atoms with Gasteiger partial charge in [0.05, 0.1) is 18.7 Å². The smallest absolute Gasteiger partial charge is 0.327 e. The van der Waals surface area contributed by atoms with Crippen LogP contribution in [-0.2, 0) is 16.1 Å². The molecule has 1 heterocycles. The van der Waals surface area contributed by atoms with Crippen LogP contribution in [0.1, 0.15) is 22.9 Å². The fraction of sp³-hybridized carbons (Fsp3) is 0.158. The van der Waals surface area contributed by atoms with E-state index in [1.54, 1.807) is 24.3 Å². The predicted octanol–water partition coefficient (Wildman–Crippen LogP) is 3.04. The third-order valence-electron chi connectivity index (χ3n) is 3.87. The molecular formula is C19H17N3O2. The maximum Gasteiger partial charge on any atom is 0.327 e. The number of aromatic nitrogens is 1. The first-order valence-electron chi connectivity index (χ1n) is 7.59. The number of nitrogens with zero attached hydrogens (tertiary/aromatic N) is 1. The first-order valence-corrected chi connectivity index (χ1v) is 7.59. The van der Waals surface area contributed by atoms with Gasteiger partial charge in [0.2, 0.25) is 0 Å². The molecule has 120 valence electrons. The molecule has 5 nitrogen and oxygen atoms in total. The van der Waals surface area contributed by atoms with Crippen LogP contribution in [0.2, 0.25) is 0 Å². The van der Waals surface area contributed by atoms with Crippen LogP contribution in [0.25, 0.3) is 10.9 Å². The number of nitriles is 1. The monoisotopic (exact) mass is 319 g/mol. The van der Waals surface area contributed by atoms with E-state index in [9.17, 15) is 4.79 Å². The lowest BCUT2D eigenvalue weighted by atomic mass is 10.0. The van der Waals surface area contributed by atoms with Gasteiger partial charge < -0.3 is 9.72 Å². The maximum atomic E-state index is 12.1. The summed E-state index contributed by atoms with van der Waals surface area (Å²) in [7, 11) is 1.36. The van der Waals surface area contributed by atoms with Crippen molar-refractivity contribution in [3.8, 4) is 6.07 Å². The molecule has 2 N–H and O–H groups in total. The Bertz CT molecular complexity index is 875. The van der Waals surface area contributed by atoms with Crippen molar-refractivity contribution >= 4 is 16.9 Å². The van der Waals surface area contributed by atoms with E-state index in [2.05, 4.69) is 16.4 Å². The minimum Gasteiger partial charge on any atom is -0.468 e. The second kappa shape index (κ2) is 6.99. The van der Waals surface area contributed by atoms with E-state index in [1.807, 2.05) is 30.3 Å². The zero-order chi connectivity index (χ0) is 16.9. The van der Waals surface area contributed by atoms with Crippen LogP contribution in [-0.4, -0.2) is 18.1 Å². The Morgan fingerprint density at radius 3 is 2.83 bits per heavy atom. The number of esters is 1. The molecule has 0 saturated heterocycles. The Morgan fingerprint density at radius 1 is 1.25 bits per heavy atom. The van der Waals surface area contributed by atoms with Gasteiger partial charge in [-0.1, -0.05) is 30.3 Å². The fourth-order valence-electron chi connectivity index (χ4n) is 2.68. The first kappa shape index (κ1) is 15.8. The molecular weight excluding hydrogens is 302 g/mol. The zero-order valence-corrected chi connectivity index (χ0v) is 13.2. The molecule has 0 saturated carbocycles. The van der Waals surface area contributed by atoms with Crippen LogP contribution in [0.3, 0.4) is 0 Å². The maximum absolute atomic E-state index is 12.1. The summed E-state index contributed by atoms with van der Waals surface area (Å²) in [5.74, 6) is -0.388. The number of fused-ring (bicyclic) bond motifs is 1. The number of para-hydroxylation sites is 1. The highest BCUT2D eigenvalue weighted by Crippen LogP contribution is 2.19. The van der Waals surface area contributed by atoms with Gasteiger partial charge in [-0.3, -0.25) is 5.32 Å². The topological polar surface area (TPSA) is 77.9 Å². The van der Waals surface area contributed by atoms with Gasteiger partial charge >= 0.3 is 5.97 Å². The van der Waals surface area contributed by atoms with Crippen molar-refractivity contribution in [2.75, 3.05) is 7.11 Å². The summed E-state index contributed by atoms with van der Waals surface area (Å²) < 4.78 is 4.89. The van der Waals surface area contributed by atoms with Crippen molar-refractivity contribution in [2.45, 2.75) is 12.6 Å². The molecule has 3 aromatic rings. The fourth-order valence-corrected chi connectivity index (χ4v) is 2.68. The van der Waals surface area contributed by atoms with Gasteiger partial charge in [0.25, 0.3) is 0 Å². The molecule has 0 fully saturated rings. The molecule has 0 aliphatic rings. The Morgan fingerprint density at radius 2 is 2.08 bits per heavy atom. The predicted molar refractivity (Wildman–Crippen MR) is 91.1 cm³/mol. The molecule has 3 rings (SSSR count). The molecule has 0 aliphatic carbocycles. The molecule has 0 radical (unpaired) electrons. The average Bonchev–Trinajstić information content (AvgIpc) is 3.04. The minimum atomic E-state index is -0.630. The van der Waals surface area contributed by atoms with Gasteiger partial charge in [0.1, 0.15) is 6.04 Å². The van der Waals surface area contributed by atoms with E-state index in [0.717, 1.165) is 16.6 Å². The number of methoxy groups -OCH3 is 1. The summed E-state index contributed by atoms with van der Waals surface area (Å²) in [4.78, 5) is 15.4. The molecule has 0 amide bonds. The third-order valence-corrected chi connectivity index (χ3v) is 3.87. The Balaban J connectivity index is 1.81. The van der Waals surface area contributed by atoms with Crippen LogP contribution >= 0.6 is 0 Å². The largest absolute Gasteiger partial charge is 0.468 e. The second-order valence-electron chi connectivity index (χ2n) is 5.46. The third kappa shape index (κ3) is 3.29. The van der Waals surface area contributed by atoms with Gasteiger partial charge in [0, 0.05) is 17.8 Å². The van der Waals surface area contributed by atoms with E-state index in [0.29, 0.717) is 17.7 Å². The van der Waals surface area contributed by atoms with Gasteiger partial charge in [-0.2, -0.15) is 5.26 Å². The zero-order valence-electron chi connectivity index (χ0n) is 13.2. The highest BCUT2D eigenvalue weighted by molar-refractivity contribution is 5.80. The molecule has 0 spiro atoms.